The Bertz CT molecular complexity index is 1530. The number of carbonyl (C=O) groups is 4. The molecule has 0 aliphatic carbocycles. The summed E-state index contributed by atoms with van der Waals surface area (Å²) in [5.41, 5.74) is 0.648. The molecule has 46 heavy (non-hydrogen) atoms. The number of carboxylic acid groups (broad SMARTS) is 1. The van der Waals surface area contributed by atoms with Gasteiger partial charge in [0, 0.05) is 11.1 Å². The van der Waals surface area contributed by atoms with Gasteiger partial charge in [0.05, 0.1) is 12.0 Å². The molecule has 10 nitrogen and oxygen atoms in total. The van der Waals surface area contributed by atoms with Crippen LogP contribution < -0.4 is 10.2 Å². The number of hydrogen-bond donors (Lipinski definition) is 2. The number of amides is 2. The molecule has 0 spiro atoms. The fourth-order valence-electron chi connectivity index (χ4n) is 6.62. The van der Waals surface area contributed by atoms with Crippen LogP contribution in [0.2, 0.25) is 0 Å². The van der Waals surface area contributed by atoms with Gasteiger partial charge in [-0.25, -0.2) is 4.79 Å². The molecule has 2 fully saturated rings. The maximum absolute atomic E-state index is 14.4. The molecule has 2 heterocycles. The summed E-state index contributed by atoms with van der Waals surface area (Å²) in [6, 6.07) is 24.6. The fraction of sp³-hybridized carbons (Fsp3) is 0.389. The number of carboxylic acids is 1. The van der Waals surface area contributed by atoms with Crippen molar-refractivity contribution in [3.63, 3.8) is 0 Å². The van der Waals surface area contributed by atoms with Gasteiger partial charge in [-0.2, -0.15) is 0 Å². The average molecular weight is 629 g/mol. The number of alkyl carbamates (subject to hydrolysis) is 1. The van der Waals surface area contributed by atoms with Crippen molar-refractivity contribution in [2.45, 2.75) is 70.5 Å². The van der Waals surface area contributed by atoms with Crippen molar-refractivity contribution in [3.05, 3.63) is 102 Å². The third-order valence-corrected chi connectivity index (χ3v) is 9.02. The lowest BCUT2D eigenvalue weighted by Gasteiger charge is -2.38. The number of aliphatic carboxylic acids is 1. The molecule has 5 atom stereocenters. The fourth-order valence-corrected chi connectivity index (χ4v) is 6.62. The average Bonchev–Trinajstić information content (AvgIpc) is 3.54. The molecule has 2 saturated heterocycles. The van der Waals surface area contributed by atoms with Gasteiger partial charge in [-0.3, -0.25) is 19.3 Å². The van der Waals surface area contributed by atoms with Gasteiger partial charge in [-0.1, -0.05) is 92.7 Å². The van der Waals surface area contributed by atoms with E-state index in [0.717, 1.165) is 23.3 Å². The van der Waals surface area contributed by atoms with Gasteiger partial charge in [0.1, 0.15) is 30.9 Å². The van der Waals surface area contributed by atoms with Gasteiger partial charge in [-0.05, 0) is 49.4 Å². The molecule has 4 unspecified atom stereocenters. The van der Waals surface area contributed by atoms with Gasteiger partial charge < -0.3 is 24.6 Å². The molecule has 10 heteroatoms. The van der Waals surface area contributed by atoms with Crippen LogP contribution >= 0.6 is 0 Å². The predicted octanol–water partition coefficient (Wildman–Crippen LogP) is 5.15. The third kappa shape index (κ3) is 7.23. The number of esters is 1. The second-order valence-corrected chi connectivity index (χ2v) is 12.7. The maximum atomic E-state index is 14.4. The lowest BCUT2D eigenvalue weighted by molar-refractivity contribution is -0.161. The smallest absolute Gasteiger partial charge is 0.408 e. The van der Waals surface area contributed by atoms with Crippen molar-refractivity contribution >= 4 is 29.6 Å². The Hall–Kier alpha value is -4.70. The molecule has 2 N–H and O–H groups in total. The van der Waals surface area contributed by atoms with Crippen molar-refractivity contribution < 1.29 is 38.5 Å². The van der Waals surface area contributed by atoms with Crippen molar-refractivity contribution in [2.24, 2.45) is 11.3 Å². The van der Waals surface area contributed by atoms with Crippen LogP contribution in [0.25, 0.3) is 0 Å². The number of anilines is 1. The highest BCUT2D eigenvalue weighted by atomic mass is 16.6. The third-order valence-electron chi connectivity index (χ3n) is 9.02. The van der Waals surface area contributed by atoms with E-state index < -0.39 is 59.6 Å². The van der Waals surface area contributed by atoms with Crippen LogP contribution in [-0.4, -0.2) is 59.4 Å². The minimum Gasteiger partial charge on any atom is -0.481 e. The Balaban J connectivity index is 1.42. The molecule has 3 aromatic rings. The molecule has 3 aromatic carbocycles. The van der Waals surface area contributed by atoms with E-state index in [0.29, 0.717) is 11.3 Å². The van der Waals surface area contributed by atoms with Crippen molar-refractivity contribution in [1.29, 1.82) is 0 Å². The largest absolute Gasteiger partial charge is 0.481 e. The summed E-state index contributed by atoms with van der Waals surface area (Å²) in [4.78, 5) is 55.0. The molecular weight excluding hydrogens is 588 g/mol. The zero-order valence-corrected chi connectivity index (χ0v) is 26.3. The van der Waals surface area contributed by atoms with Gasteiger partial charge in [0.2, 0.25) is 0 Å². The molecule has 0 radical (unpaired) electrons. The number of benzene rings is 3. The second kappa shape index (κ2) is 13.7. The minimum atomic E-state index is -1.59. The van der Waals surface area contributed by atoms with E-state index in [2.05, 4.69) is 5.32 Å². The van der Waals surface area contributed by atoms with Gasteiger partial charge in [0.25, 0.3) is 5.91 Å². The van der Waals surface area contributed by atoms with Gasteiger partial charge >= 0.3 is 18.0 Å². The Morgan fingerprint density at radius 1 is 0.913 bits per heavy atom. The Morgan fingerprint density at radius 3 is 2.07 bits per heavy atom. The first-order valence-corrected chi connectivity index (χ1v) is 15.5. The summed E-state index contributed by atoms with van der Waals surface area (Å²) in [6.07, 6.45) is 0.00439. The van der Waals surface area contributed by atoms with E-state index >= 15 is 0 Å². The molecule has 2 amide bonds. The number of para-hydroxylation sites is 1. The summed E-state index contributed by atoms with van der Waals surface area (Å²) >= 11 is 0. The number of hydrogen-bond acceptors (Lipinski definition) is 7. The first-order valence-electron chi connectivity index (χ1n) is 15.5. The molecule has 242 valence electrons. The molecule has 2 aliphatic heterocycles. The van der Waals surface area contributed by atoms with Crippen LogP contribution in [0.4, 0.5) is 10.5 Å². The second-order valence-electron chi connectivity index (χ2n) is 12.7. The quantitative estimate of drug-likeness (QED) is 0.264. The highest BCUT2D eigenvalue weighted by Crippen LogP contribution is 2.55. The first-order chi connectivity index (χ1) is 22.0. The number of nitrogens with one attached hydrogen (secondary N) is 1. The van der Waals surface area contributed by atoms with Gasteiger partial charge in [-0.15, -0.1) is 0 Å². The molecule has 5 rings (SSSR count). The normalized spacial score (nSPS) is 22.3. The summed E-state index contributed by atoms with van der Waals surface area (Å²) in [5.74, 6) is -4.15. The molecule has 0 aromatic heterocycles. The van der Waals surface area contributed by atoms with E-state index in [1.54, 1.807) is 84.9 Å². The van der Waals surface area contributed by atoms with Crippen molar-refractivity contribution in [3.8, 4) is 0 Å². The Labute approximate surface area is 268 Å². The zero-order chi connectivity index (χ0) is 32.9. The van der Waals surface area contributed by atoms with Crippen LogP contribution in [0.3, 0.4) is 0 Å². The van der Waals surface area contributed by atoms with Crippen LogP contribution in [0.1, 0.15) is 44.7 Å². The highest BCUT2D eigenvalue weighted by Gasteiger charge is 2.63. The van der Waals surface area contributed by atoms with Crippen molar-refractivity contribution in [2.75, 3.05) is 11.4 Å². The first kappa shape index (κ1) is 32.7. The molecule has 0 saturated carbocycles. The van der Waals surface area contributed by atoms with Crippen LogP contribution in [0, 0.1) is 11.3 Å². The monoisotopic (exact) mass is 628 g/mol. The summed E-state index contributed by atoms with van der Waals surface area (Å²) in [7, 11) is 0. The maximum Gasteiger partial charge on any atom is 0.408 e. The summed E-state index contributed by atoms with van der Waals surface area (Å²) in [5, 5.41) is 12.9. The number of fused-ring (bicyclic) bond motifs is 2. The molecular formula is C36H40N2O8. The topological polar surface area (TPSA) is 131 Å². The van der Waals surface area contributed by atoms with Crippen molar-refractivity contribution in [1.82, 2.24) is 5.32 Å². The minimum absolute atomic E-state index is 0.0491. The standard InChI is InChI=1S/C36H40N2O8/c1-35(2)28-19-20-36(3,46-28)33(35)45-29(39)22-38(26-17-11-6-12-18-26)31(40)30(27(32(41)42)21-24-13-7-4-8-14-24)37-34(43)44-23-25-15-9-5-10-16-25/h4-18,27-28,30,33H,19-23H2,1-3H3,(H,37,43)(H,41,42)/t27?,28?,30-,33?,36?/m0/s1. The molecule has 2 bridgehead atoms. The van der Waals surface area contributed by atoms with Crippen LogP contribution in [0.15, 0.2) is 91.0 Å². The Morgan fingerprint density at radius 2 is 1.50 bits per heavy atom. The van der Waals surface area contributed by atoms with Crippen LogP contribution in [-0.2, 0) is 41.6 Å². The van der Waals surface area contributed by atoms with E-state index in [-0.39, 0.29) is 19.1 Å². The number of rotatable bonds is 12. The molecule has 2 aliphatic rings. The number of nitrogens with zero attached hydrogens (tertiary/aromatic N) is 1. The summed E-state index contributed by atoms with van der Waals surface area (Å²) < 4.78 is 17.6. The lowest BCUT2D eigenvalue weighted by Crippen LogP contribution is -2.56. The van der Waals surface area contributed by atoms with E-state index in [1.807, 2.05) is 26.8 Å². The number of carbonyl (C=O) groups excluding carboxylic acids is 3. The SMILES string of the molecule is CC12CCC(O1)C(C)(C)C2OC(=O)CN(C(=O)[C@@H](NC(=O)OCc1ccccc1)C(Cc1ccccc1)C(=O)O)c1ccccc1. The van der Waals surface area contributed by atoms with E-state index in [4.69, 9.17) is 14.2 Å². The van der Waals surface area contributed by atoms with E-state index in [9.17, 15) is 24.3 Å². The van der Waals surface area contributed by atoms with Crippen LogP contribution in [0.5, 0.6) is 0 Å². The predicted molar refractivity (Wildman–Crippen MR) is 170 cm³/mol. The number of ether oxygens (including phenoxy) is 3. The van der Waals surface area contributed by atoms with E-state index in [1.165, 1.54) is 0 Å². The lowest BCUT2D eigenvalue weighted by atomic mass is 9.70. The highest BCUT2D eigenvalue weighted by molar-refractivity contribution is 6.03. The Kier molecular flexibility index (Phi) is 9.76. The summed E-state index contributed by atoms with van der Waals surface area (Å²) in [6.45, 7) is 5.34. The van der Waals surface area contributed by atoms with Gasteiger partial charge in [0.15, 0.2) is 0 Å². The zero-order valence-electron chi connectivity index (χ0n) is 26.3.